The highest BCUT2D eigenvalue weighted by atomic mass is 15.2. The average molecular weight is 326 g/mol. The Morgan fingerprint density at radius 3 is 2.62 bits per heavy atom. The fourth-order valence-electron chi connectivity index (χ4n) is 2.30. The molecule has 0 aliphatic rings. The van der Waals surface area contributed by atoms with Crippen molar-refractivity contribution in [2.24, 2.45) is 13.0 Å². The van der Waals surface area contributed by atoms with Crippen LogP contribution in [0.5, 0.6) is 0 Å². The number of imidazole rings is 1. The van der Waals surface area contributed by atoms with Gasteiger partial charge in [0.05, 0.1) is 11.0 Å². The van der Waals surface area contributed by atoms with Crippen LogP contribution in [0.4, 0.5) is 5.95 Å². The van der Waals surface area contributed by atoms with Crippen LogP contribution >= 0.6 is 0 Å². The van der Waals surface area contributed by atoms with Crippen LogP contribution in [0.2, 0.25) is 0 Å². The van der Waals surface area contributed by atoms with Crippen molar-refractivity contribution < 1.29 is 0 Å². The lowest BCUT2D eigenvalue weighted by Gasteiger charge is -2.07. The maximum Gasteiger partial charge on any atom is 0.203 e. The first-order chi connectivity index (χ1) is 11.6. The number of nitrogens with zero attached hydrogens (tertiary/aromatic N) is 2. The van der Waals surface area contributed by atoms with Gasteiger partial charge in [-0.2, -0.15) is 0 Å². The largest absolute Gasteiger partial charge is 0.352 e. The number of nitrogens with one attached hydrogen (secondary N) is 1. The lowest BCUT2D eigenvalue weighted by atomic mass is 10.1. The molecule has 3 heteroatoms. The summed E-state index contributed by atoms with van der Waals surface area (Å²) in [6.45, 7) is 13.0. The minimum Gasteiger partial charge on any atom is -0.352 e. The standard InChI is InChI=1S/C19H25N3.C2H6/c1-5-9-16(11-8-10-15(2)3)14-20-19-21-17-12-6-7-13-18(17)22(19)4;1-2/h5-9,11-13,15H,1,10,14H2,2-4H3,(H,20,21);1-2H3/b11-8-,16-9+;. The van der Waals surface area contributed by atoms with Gasteiger partial charge in [0.15, 0.2) is 0 Å². The highest BCUT2D eigenvalue weighted by Gasteiger charge is 2.06. The number of hydrogen-bond donors (Lipinski definition) is 1. The van der Waals surface area contributed by atoms with Crippen LogP contribution in [0.15, 0.2) is 60.7 Å². The molecule has 0 unspecified atom stereocenters. The number of allylic oxidation sites excluding steroid dienone is 3. The fraction of sp³-hybridized carbons (Fsp3) is 0.381. The van der Waals surface area contributed by atoms with Gasteiger partial charge in [-0.15, -0.1) is 0 Å². The number of aromatic nitrogens is 2. The highest BCUT2D eigenvalue weighted by Crippen LogP contribution is 2.17. The van der Waals surface area contributed by atoms with E-state index in [0.29, 0.717) is 5.92 Å². The Morgan fingerprint density at radius 2 is 2.00 bits per heavy atom. The second-order valence-electron chi connectivity index (χ2n) is 5.85. The molecule has 1 heterocycles. The van der Waals surface area contributed by atoms with Crippen molar-refractivity contribution in [2.45, 2.75) is 34.1 Å². The number of para-hydroxylation sites is 2. The number of benzene rings is 1. The Morgan fingerprint density at radius 1 is 1.29 bits per heavy atom. The van der Waals surface area contributed by atoms with Crippen LogP contribution < -0.4 is 5.32 Å². The summed E-state index contributed by atoms with van der Waals surface area (Å²) in [4.78, 5) is 4.63. The Bertz CT molecular complexity index is 690. The van der Waals surface area contributed by atoms with Crippen molar-refractivity contribution in [1.82, 2.24) is 9.55 Å². The summed E-state index contributed by atoms with van der Waals surface area (Å²) >= 11 is 0. The summed E-state index contributed by atoms with van der Waals surface area (Å²) in [5.41, 5.74) is 3.34. The molecule has 130 valence electrons. The monoisotopic (exact) mass is 325 g/mol. The first-order valence-electron chi connectivity index (χ1n) is 8.75. The van der Waals surface area contributed by atoms with Crippen molar-refractivity contribution in [3.05, 3.63) is 60.7 Å². The quantitative estimate of drug-likeness (QED) is 0.659. The van der Waals surface area contributed by atoms with Crippen molar-refractivity contribution >= 4 is 17.0 Å². The summed E-state index contributed by atoms with van der Waals surface area (Å²) in [5, 5.41) is 3.41. The zero-order valence-corrected chi connectivity index (χ0v) is 15.7. The van der Waals surface area contributed by atoms with Crippen LogP contribution in [0.3, 0.4) is 0 Å². The molecule has 0 saturated carbocycles. The van der Waals surface area contributed by atoms with Gasteiger partial charge in [0, 0.05) is 13.6 Å². The molecular formula is C21H31N3. The number of rotatable bonds is 7. The summed E-state index contributed by atoms with van der Waals surface area (Å²) in [6, 6.07) is 8.16. The smallest absolute Gasteiger partial charge is 0.203 e. The second-order valence-corrected chi connectivity index (χ2v) is 5.85. The first kappa shape index (κ1) is 19.8. The maximum atomic E-state index is 4.63. The van der Waals surface area contributed by atoms with E-state index in [1.54, 1.807) is 0 Å². The molecule has 0 amide bonds. The van der Waals surface area contributed by atoms with Gasteiger partial charge in [-0.25, -0.2) is 4.98 Å². The molecule has 1 aromatic heterocycles. The molecule has 2 rings (SSSR count). The Hall–Kier alpha value is -2.29. The van der Waals surface area contributed by atoms with Gasteiger partial charge in [0.2, 0.25) is 5.95 Å². The van der Waals surface area contributed by atoms with E-state index in [1.165, 1.54) is 5.57 Å². The van der Waals surface area contributed by atoms with Crippen LogP contribution in [0, 0.1) is 5.92 Å². The van der Waals surface area contributed by atoms with E-state index < -0.39 is 0 Å². The predicted molar refractivity (Wildman–Crippen MR) is 107 cm³/mol. The average Bonchev–Trinajstić information content (AvgIpc) is 2.91. The van der Waals surface area contributed by atoms with E-state index in [1.807, 2.05) is 51.2 Å². The third kappa shape index (κ3) is 5.73. The Balaban J connectivity index is 0.00000139. The topological polar surface area (TPSA) is 29.9 Å². The molecule has 0 aliphatic carbocycles. The van der Waals surface area contributed by atoms with Crippen LogP contribution in [0.1, 0.15) is 34.1 Å². The third-order valence-electron chi connectivity index (χ3n) is 3.51. The minimum absolute atomic E-state index is 0.675. The lowest BCUT2D eigenvalue weighted by Crippen LogP contribution is -2.08. The van der Waals surface area contributed by atoms with Crippen LogP contribution in [-0.2, 0) is 7.05 Å². The van der Waals surface area contributed by atoms with E-state index in [2.05, 4.69) is 53.5 Å². The molecule has 0 saturated heterocycles. The SMILES string of the molecule is C=C/C=C(\C=C/CC(C)C)CNc1nc2ccccc2n1C.CC. The molecule has 3 nitrogen and oxygen atoms in total. The lowest BCUT2D eigenvalue weighted by molar-refractivity contribution is 0.663. The minimum atomic E-state index is 0.675. The molecule has 1 N–H and O–H groups in total. The van der Waals surface area contributed by atoms with Gasteiger partial charge < -0.3 is 9.88 Å². The summed E-state index contributed by atoms with van der Waals surface area (Å²) in [7, 11) is 2.03. The molecule has 0 aliphatic heterocycles. The van der Waals surface area contributed by atoms with Crippen LogP contribution in [-0.4, -0.2) is 16.1 Å². The van der Waals surface area contributed by atoms with E-state index >= 15 is 0 Å². The Labute approximate surface area is 146 Å². The number of fused-ring (bicyclic) bond motifs is 1. The molecule has 0 bridgehead atoms. The number of aryl methyl sites for hydroxylation is 1. The molecule has 0 radical (unpaired) electrons. The van der Waals surface area contributed by atoms with Crippen LogP contribution in [0.25, 0.3) is 11.0 Å². The summed E-state index contributed by atoms with van der Waals surface area (Å²) < 4.78 is 2.08. The molecule has 24 heavy (non-hydrogen) atoms. The maximum absolute atomic E-state index is 4.63. The number of hydrogen-bond acceptors (Lipinski definition) is 2. The van der Waals surface area contributed by atoms with Gasteiger partial charge in [-0.3, -0.25) is 0 Å². The van der Waals surface area contributed by atoms with E-state index in [9.17, 15) is 0 Å². The third-order valence-corrected chi connectivity index (χ3v) is 3.51. The van der Waals surface area contributed by atoms with Gasteiger partial charge in [0.25, 0.3) is 0 Å². The molecule has 1 aromatic carbocycles. The second kappa shape index (κ2) is 10.5. The molecule has 0 spiro atoms. The van der Waals surface area contributed by atoms with Crippen molar-refractivity contribution in [3.8, 4) is 0 Å². The van der Waals surface area contributed by atoms with Crippen molar-refractivity contribution in [2.75, 3.05) is 11.9 Å². The molecule has 0 fully saturated rings. The summed E-state index contributed by atoms with van der Waals surface area (Å²) in [5.74, 6) is 1.56. The fourth-order valence-corrected chi connectivity index (χ4v) is 2.30. The number of anilines is 1. The van der Waals surface area contributed by atoms with E-state index in [4.69, 9.17) is 0 Å². The van der Waals surface area contributed by atoms with Gasteiger partial charge in [-0.05, 0) is 30.0 Å². The molecular weight excluding hydrogens is 294 g/mol. The van der Waals surface area contributed by atoms with Gasteiger partial charge in [0.1, 0.15) is 0 Å². The normalized spacial score (nSPS) is 11.7. The molecule has 2 aromatic rings. The van der Waals surface area contributed by atoms with Gasteiger partial charge in [-0.1, -0.05) is 70.7 Å². The van der Waals surface area contributed by atoms with E-state index in [0.717, 1.165) is 29.9 Å². The van der Waals surface area contributed by atoms with Crippen molar-refractivity contribution in [1.29, 1.82) is 0 Å². The summed E-state index contributed by atoms with van der Waals surface area (Å²) in [6.07, 6.45) is 9.33. The molecule has 0 atom stereocenters. The van der Waals surface area contributed by atoms with Gasteiger partial charge >= 0.3 is 0 Å². The zero-order valence-electron chi connectivity index (χ0n) is 15.7. The predicted octanol–water partition coefficient (Wildman–Crippen LogP) is 5.73. The first-order valence-corrected chi connectivity index (χ1v) is 8.75. The zero-order chi connectivity index (χ0) is 17.9. The highest BCUT2D eigenvalue weighted by molar-refractivity contribution is 5.78. The van der Waals surface area contributed by atoms with E-state index in [-0.39, 0.29) is 0 Å². The van der Waals surface area contributed by atoms with Crippen molar-refractivity contribution in [3.63, 3.8) is 0 Å². The Kier molecular flexibility index (Phi) is 8.63.